The highest BCUT2D eigenvalue weighted by Crippen LogP contribution is 2.33. The number of carbonyl (C=O) groups is 3. The predicted octanol–water partition coefficient (Wildman–Crippen LogP) is 4.13. The van der Waals surface area contributed by atoms with Crippen LogP contribution in [0.5, 0.6) is 5.75 Å². The first-order valence-corrected chi connectivity index (χ1v) is 9.87. The first-order valence-electron chi connectivity index (χ1n) is 7.98. The molecule has 2 amide bonds. The fourth-order valence-corrected chi connectivity index (χ4v) is 3.95. The van der Waals surface area contributed by atoms with E-state index < -0.39 is 23.7 Å². The molecule has 2 aromatic rings. The number of carboxylic acids is 1. The number of aliphatic carboxylic acids is 1. The van der Waals surface area contributed by atoms with E-state index in [9.17, 15) is 18.8 Å². The van der Waals surface area contributed by atoms with Gasteiger partial charge in [0.1, 0.15) is 24.7 Å². The lowest BCUT2D eigenvalue weighted by atomic mass is 10.2. The fraction of sp³-hybridized carbons (Fsp3) is 0.105. The third-order valence-corrected chi connectivity index (χ3v) is 5.51. The van der Waals surface area contributed by atoms with Crippen LogP contribution in [0.1, 0.15) is 11.1 Å². The highest BCUT2D eigenvalue weighted by molar-refractivity contribution is 14.1. The van der Waals surface area contributed by atoms with Crippen molar-refractivity contribution in [3.63, 3.8) is 0 Å². The second-order valence-corrected chi connectivity index (χ2v) is 7.89. The molecule has 6 nitrogen and oxygen atoms in total. The van der Waals surface area contributed by atoms with Crippen molar-refractivity contribution >= 4 is 57.5 Å². The molecule has 2 aromatic carbocycles. The normalized spacial score (nSPS) is 15.4. The molecular weight excluding hydrogens is 500 g/mol. The van der Waals surface area contributed by atoms with E-state index in [1.807, 2.05) is 0 Å². The summed E-state index contributed by atoms with van der Waals surface area (Å²) in [5, 5.41) is 8.18. The molecule has 1 aliphatic rings. The van der Waals surface area contributed by atoms with Crippen molar-refractivity contribution in [3.05, 3.63) is 67.9 Å². The maximum atomic E-state index is 13.7. The van der Waals surface area contributed by atoms with Crippen LogP contribution in [-0.2, 0) is 16.2 Å². The molecule has 3 rings (SSSR count). The lowest BCUT2D eigenvalue weighted by molar-refractivity contribution is -0.140. The summed E-state index contributed by atoms with van der Waals surface area (Å²) in [5.41, 5.74) is 1.10. The van der Waals surface area contributed by atoms with Gasteiger partial charge in [0, 0.05) is 5.56 Å². The second kappa shape index (κ2) is 8.74. The van der Waals surface area contributed by atoms with Crippen LogP contribution in [0.4, 0.5) is 9.18 Å². The number of halogens is 2. The smallest absolute Gasteiger partial charge is 0.323 e. The Bertz CT molecular complexity index is 994. The third kappa shape index (κ3) is 4.71. The van der Waals surface area contributed by atoms with Crippen molar-refractivity contribution in [3.8, 4) is 5.75 Å². The first-order chi connectivity index (χ1) is 13.3. The number of ether oxygens (including phenoxy) is 1. The Balaban J connectivity index is 1.73. The van der Waals surface area contributed by atoms with Gasteiger partial charge in [-0.05, 0) is 64.2 Å². The van der Waals surface area contributed by atoms with Gasteiger partial charge in [0.2, 0.25) is 0 Å². The van der Waals surface area contributed by atoms with Gasteiger partial charge in [0.25, 0.3) is 11.1 Å². The largest absolute Gasteiger partial charge is 0.488 e. The molecule has 1 saturated heterocycles. The standard InChI is InChI=1S/C19H13FINO5S/c20-13-4-2-1-3-12(13)10-27-15-6-5-11(7-14(15)21)8-16-18(25)22(9-17(23)24)19(26)28-16/h1-8H,9-10H2,(H,23,24)/b16-8+. The lowest BCUT2D eigenvalue weighted by Gasteiger charge is -2.10. The summed E-state index contributed by atoms with van der Waals surface area (Å²) in [4.78, 5) is 35.6. The maximum absolute atomic E-state index is 13.7. The van der Waals surface area contributed by atoms with Crippen LogP contribution < -0.4 is 4.74 Å². The molecule has 9 heteroatoms. The van der Waals surface area contributed by atoms with E-state index in [4.69, 9.17) is 9.84 Å². The molecule has 1 fully saturated rings. The molecule has 0 spiro atoms. The summed E-state index contributed by atoms with van der Waals surface area (Å²) in [5.74, 6) is -1.67. The van der Waals surface area contributed by atoms with Gasteiger partial charge >= 0.3 is 5.97 Å². The molecule has 0 radical (unpaired) electrons. The highest BCUT2D eigenvalue weighted by Gasteiger charge is 2.36. The van der Waals surface area contributed by atoms with E-state index in [0.29, 0.717) is 33.5 Å². The van der Waals surface area contributed by atoms with E-state index in [1.54, 1.807) is 36.4 Å². The number of nitrogens with zero attached hydrogens (tertiary/aromatic N) is 1. The van der Waals surface area contributed by atoms with E-state index in [2.05, 4.69) is 22.6 Å². The van der Waals surface area contributed by atoms with Crippen molar-refractivity contribution in [2.24, 2.45) is 0 Å². The number of hydrogen-bond acceptors (Lipinski definition) is 5. The van der Waals surface area contributed by atoms with Crippen molar-refractivity contribution < 1.29 is 28.6 Å². The fourth-order valence-electron chi connectivity index (χ4n) is 2.42. The summed E-state index contributed by atoms with van der Waals surface area (Å²) in [6.45, 7) is -0.585. The van der Waals surface area contributed by atoms with Gasteiger partial charge < -0.3 is 9.84 Å². The topological polar surface area (TPSA) is 83.9 Å². The average molecular weight is 513 g/mol. The lowest BCUT2D eigenvalue weighted by Crippen LogP contribution is -2.33. The minimum absolute atomic E-state index is 0.0795. The Labute approximate surface area is 177 Å². The molecule has 0 aliphatic carbocycles. The SMILES string of the molecule is O=C(O)CN1C(=O)S/C(=C/c2ccc(OCc3ccccc3F)c(I)c2)C1=O. The number of thioether (sulfide) groups is 1. The van der Waals surface area contributed by atoms with E-state index in [0.717, 1.165) is 3.57 Å². The van der Waals surface area contributed by atoms with Crippen LogP contribution in [0, 0.1) is 9.39 Å². The highest BCUT2D eigenvalue weighted by atomic mass is 127. The minimum atomic E-state index is -1.26. The van der Waals surface area contributed by atoms with Gasteiger partial charge in [-0.2, -0.15) is 0 Å². The summed E-state index contributed by atoms with van der Waals surface area (Å²) in [7, 11) is 0. The third-order valence-electron chi connectivity index (χ3n) is 3.76. The molecule has 0 atom stereocenters. The van der Waals surface area contributed by atoms with Crippen LogP contribution in [0.25, 0.3) is 6.08 Å². The molecule has 28 heavy (non-hydrogen) atoms. The molecule has 1 heterocycles. The Kier molecular flexibility index (Phi) is 6.35. The van der Waals surface area contributed by atoms with Crippen LogP contribution in [0.15, 0.2) is 47.4 Å². The number of carboxylic acid groups (broad SMARTS) is 1. The quantitative estimate of drug-likeness (QED) is 0.462. The van der Waals surface area contributed by atoms with Crippen molar-refractivity contribution in [2.75, 3.05) is 6.54 Å². The minimum Gasteiger partial charge on any atom is -0.488 e. The summed E-state index contributed by atoms with van der Waals surface area (Å²) >= 11 is 2.76. The van der Waals surface area contributed by atoms with Gasteiger partial charge in [-0.3, -0.25) is 19.3 Å². The maximum Gasteiger partial charge on any atom is 0.323 e. The first kappa shape index (κ1) is 20.3. The molecule has 144 valence electrons. The van der Waals surface area contributed by atoms with Gasteiger partial charge in [-0.15, -0.1) is 0 Å². The number of hydrogen-bond donors (Lipinski definition) is 1. The second-order valence-electron chi connectivity index (χ2n) is 5.73. The number of benzene rings is 2. The van der Waals surface area contributed by atoms with Gasteiger partial charge in [0.15, 0.2) is 0 Å². The zero-order valence-electron chi connectivity index (χ0n) is 14.2. The van der Waals surface area contributed by atoms with Crippen molar-refractivity contribution in [2.45, 2.75) is 6.61 Å². The molecule has 0 aromatic heterocycles. The molecule has 0 bridgehead atoms. The van der Waals surface area contributed by atoms with Crippen LogP contribution >= 0.6 is 34.4 Å². The van der Waals surface area contributed by atoms with Crippen molar-refractivity contribution in [1.82, 2.24) is 4.90 Å². The number of rotatable bonds is 6. The van der Waals surface area contributed by atoms with Crippen LogP contribution in [0.3, 0.4) is 0 Å². The van der Waals surface area contributed by atoms with E-state index >= 15 is 0 Å². The Morgan fingerprint density at radius 1 is 1.25 bits per heavy atom. The molecule has 1 aliphatic heterocycles. The summed E-state index contributed by atoms with van der Waals surface area (Å²) < 4.78 is 20.1. The Morgan fingerprint density at radius 2 is 2.00 bits per heavy atom. The number of imide groups is 1. The summed E-state index contributed by atoms with van der Waals surface area (Å²) in [6.07, 6.45) is 1.52. The number of carbonyl (C=O) groups excluding carboxylic acids is 2. The predicted molar refractivity (Wildman–Crippen MR) is 110 cm³/mol. The molecular formula is C19H13FINO5S. The van der Waals surface area contributed by atoms with Gasteiger partial charge in [-0.25, -0.2) is 4.39 Å². The van der Waals surface area contributed by atoms with E-state index in [1.165, 1.54) is 12.1 Å². The van der Waals surface area contributed by atoms with Gasteiger partial charge in [0.05, 0.1) is 8.48 Å². The van der Waals surface area contributed by atoms with Crippen LogP contribution in [0.2, 0.25) is 0 Å². The zero-order chi connectivity index (χ0) is 20.3. The Morgan fingerprint density at radius 3 is 2.68 bits per heavy atom. The average Bonchev–Trinajstić information content (AvgIpc) is 2.89. The monoisotopic (exact) mass is 513 g/mol. The molecule has 0 saturated carbocycles. The van der Waals surface area contributed by atoms with Crippen molar-refractivity contribution in [1.29, 1.82) is 0 Å². The summed E-state index contributed by atoms with van der Waals surface area (Å²) in [6, 6.07) is 11.5. The molecule has 0 unspecified atom stereocenters. The zero-order valence-corrected chi connectivity index (χ0v) is 17.2. The van der Waals surface area contributed by atoms with E-state index in [-0.39, 0.29) is 17.3 Å². The number of amides is 2. The van der Waals surface area contributed by atoms with Crippen LogP contribution in [-0.4, -0.2) is 33.7 Å². The Hall–Kier alpha value is -2.40. The van der Waals surface area contributed by atoms with Gasteiger partial charge in [-0.1, -0.05) is 24.3 Å². The molecule has 1 N–H and O–H groups in total.